The van der Waals surface area contributed by atoms with Gasteiger partial charge in [-0.3, -0.25) is 4.57 Å². The van der Waals surface area contributed by atoms with E-state index in [0.29, 0.717) is 30.3 Å². The molecule has 0 amide bonds. The van der Waals surface area contributed by atoms with Crippen LogP contribution in [0.4, 0.5) is 5.69 Å². The Morgan fingerprint density at radius 1 is 0.867 bits per heavy atom. The fourth-order valence-corrected chi connectivity index (χ4v) is 5.00. The van der Waals surface area contributed by atoms with Crippen LogP contribution < -0.4 is 14.8 Å². The molecule has 0 radical (unpaired) electrons. The van der Waals surface area contributed by atoms with Crippen LogP contribution in [0.15, 0.2) is 48.5 Å². The Morgan fingerprint density at radius 3 is 1.97 bits per heavy atom. The highest BCUT2D eigenvalue weighted by atomic mass is 31.2. The van der Waals surface area contributed by atoms with Crippen LogP contribution in [0.2, 0.25) is 0 Å². The smallest absolute Gasteiger partial charge is 0.357 e. The molecule has 0 saturated carbocycles. The highest BCUT2D eigenvalue weighted by Crippen LogP contribution is 2.62. The van der Waals surface area contributed by atoms with Crippen molar-refractivity contribution in [1.29, 1.82) is 0 Å². The molecule has 0 aromatic heterocycles. The second-order valence-electron chi connectivity index (χ2n) is 7.94. The third-order valence-electron chi connectivity index (χ3n) is 4.30. The molecule has 0 unspecified atom stereocenters. The molecule has 166 valence electrons. The normalized spacial score (nSPS) is 12.8. The van der Waals surface area contributed by atoms with E-state index in [9.17, 15) is 4.57 Å². The molecule has 0 spiro atoms. The van der Waals surface area contributed by atoms with Crippen LogP contribution in [0, 0.1) is 11.8 Å². The maximum atomic E-state index is 14.2. The minimum Gasteiger partial charge on any atom is -0.497 e. The SMILES string of the molecule is COc1ccc(OC)c([C@H](Nc2ccccc2)P(=O)(OCC(C)C)OCC(C)C)c1. The number of ether oxygens (including phenoxy) is 2. The van der Waals surface area contributed by atoms with Crippen LogP contribution in [0.1, 0.15) is 39.0 Å². The Labute approximate surface area is 180 Å². The summed E-state index contributed by atoms with van der Waals surface area (Å²) in [6.45, 7) is 8.68. The average molecular weight is 436 g/mol. The van der Waals surface area contributed by atoms with Gasteiger partial charge in [0, 0.05) is 11.3 Å². The summed E-state index contributed by atoms with van der Waals surface area (Å²) in [5, 5.41) is 3.36. The number of nitrogens with one attached hydrogen (secondary N) is 1. The molecule has 6 nitrogen and oxygen atoms in total. The van der Waals surface area contributed by atoms with Crippen LogP contribution in [-0.2, 0) is 13.6 Å². The van der Waals surface area contributed by atoms with Crippen LogP contribution in [-0.4, -0.2) is 27.4 Å². The van der Waals surface area contributed by atoms with Crippen molar-refractivity contribution in [3.05, 3.63) is 54.1 Å². The highest BCUT2D eigenvalue weighted by molar-refractivity contribution is 7.54. The lowest BCUT2D eigenvalue weighted by molar-refractivity contribution is 0.168. The lowest BCUT2D eigenvalue weighted by Gasteiger charge is -2.31. The standard InChI is InChI=1S/C23H34NO5P/c1-17(2)15-28-30(25,29-16-18(3)4)23(24-19-10-8-7-9-11-19)21-14-20(26-5)12-13-22(21)27-6/h7-14,17-18,23-24H,15-16H2,1-6H3/t23-/m1/s1. The fourth-order valence-electron chi connectivity index (χ4n) is 2.76. The molecule has 0 heterocycles. The van der Waals surface area contributed by atoms with E-state index in [4.69, 9.17) is 18.5 Å². The zero-order valence-corrected chi connectivity index (χ0v) is 19.6. The van der Waals surface area contributed by atoms with E-state index in [1.54, 1.807) is 26.4 Å². The van der Waals surface area contributed by atoms with E-state index >= 15 is 0 Å². The summed E-state index contributed by atoms with van der Waals surface area (Å²) in [5.74, 6) is 0.828. The highest BCUT2D eigenvalue weighted by Gasteiger charge is 2.40. The summed E-state index contributed by atoms with van der Waals surface area (Å²) in [6.07, 6.45) is 0. The van der Waals surface area contributed by atoms with E-state index in [2.05, 4.69) is 5.32 Å². The van der Waals surface area contributed by atoms with Crippen molar-refractivity contribution in [2.24, 2.45) is 11.8 Å². The van der Waals surface area contributed by atoms with Gasteiger partial charge in [0.1, 0.15) is 11.5 Å². The molecule has 0 aliphatic carbocycles. The van der Waals surface area contributed by atoms with Gasteiger partial charge in [-0.05, 0) is 42.2 Å². The van der Waals surface area contributed by atoms with Crippen molar-refractivity contribution in [2.45, 2.75) is 33.5 Å². The van der Waals surface area contributed by atoms with E-state index < -0.39 is 13.4 Å². The van der Waals surface area contributed by atoms with Gasteiger partial charge < -0.3 is 23.8 Å². The molecule has 1 N–H and O–H groups in total. The maximum absolute atomic E-state index is 14.2. The Bertz CT molecular complexity index is 810. The Balaban J connectivity index is 2.57. The minimum absolute atomic E-state index is 0.200. The van der Waals surface area contributed by atoms with Gasteiger partial charge in [-0.1, -0.05) is 45.9 Å². The molecule has 30 heavy (non-hydrogen) atoms. The number of benzene rings is 2. The number of anilines is 1. The summed E-state index contributed by atoms with van der Waals surface area (Å²) in [7, 11) is -0.466. The summed E-state index contributed by atoms with van der Waals surface area (Å²) in [4.78, 5) is 0. The van der Waals surface area contributed by atoms with Gasteiger partial charge in [0.2, 0.25) is 0 Å². The van der Waals surface area contributed by atoms with Gasteiger partial charge in [-0.2, -0.15) is 0 Å². The summed E-state index contributed by atoms with van der Waals surface area (Å²) < 4.78 is 37.1. The molecule has 7 heteroatoms. The van der Waals surface area contributed by atoms with Crippen molar-refractivity contribution >= 4 is 13.3 Å². The van der Waals surface area contributed by atoms with Crippen LogP contribution in [0.3, 0.4) is 0 Å². The van der Waals surface area contributed by atoms with E-state index in [1.807, 2.05) is 64.1 Å². The molecule has 0 aliphatic rings. The van der Waals surface area contributed by atoms with Gasteiger partial charge in [0.05, 0.1) is 27.4 Å². The molecular weight excluding hydrogens is 401 g/mol. The van der Waals surface area contributed by atoms with Gasteiger partial charge in [0.25, 0.3) is 0 Å². The predicted octanol–water partition coefficient (Wildman–Crippen LogP) is 6.35. The molecule has 1 atom stereocenters. The molecule has 2 aromatic rings. The maximum Gasteiger partial charge on any atom is 0.357 e. The summed E-state index contributed by atoms with van der Waals surface area (Å²) in [5.41, 5.74) is 1.45. The molecule has 0 aliphatic heterocycles. The van der Waals surface area contributed by atoms with Gasteiger partial charge in [-0.25, -0.2) is 0 Å². The average Bonchev–Trinajstić information content (AvgIpc) is 2.75. The first-order valence-corrected chi connectivity index (χ1v) is 11.8. The third-order valence-corrected chi connectivity index (χ3v) is 6.36. The number of para-hydroxylation sites is 1. The van der Waals surface area contributed by atoms with Crippen LogP contribution >= 0.6 is 7.60 Å². The summed E-state index contributed by atoms with van der Waals surface area (Å²) >= 11 is 0. The van der Waals surface area contributed by atoms with Gasteiger partial charge in [-0.15, -0.1) is 0 Å². The number of methoxy groups -OCH3 is 2. The first-order chi connectivity index (χ1) is 14.3. The zero-order valence-electron chi connectivity index (χ0n) is 18.8. The fraction of sp³-hybridized carbons (Fsp3) is 0.478. The largest absolute Gasteiger partial charge is 0.497 e. The Morgan fingerprint density at radius 2 is 1.47 bits per heavy atom. The van der Waals surface area contributed by atoms with E-state index in [1.165, 1.54) is 0 Å². The lowest BCUT2D eigenvalue weighted by atomic mass is 10.1. The Kier molecular flexibility index (Phi) is 9.22. The van der Waals surface area contributed by atoms with Crippen molar-refractivity contribution < 1.29 is 23.1 Å². The van der Waals surface area contributed by atoms with Gasteiger partial charge >= 0.3 is 7.60 Å². The topological polar surface area (TPSA) is 66.0 Å². The second-order valence-corrected chi connectivity index (χ2v) is 10.1. The van der Waals surface area contributed by atoms with Crippen molar-refractivity contribution in [1.82, 2.24) is 0 Å². The van der Waals surface area contributed by atoms with E-state index in [0.717, 1.165) is 5.69 Å². The zero-order chi connectivity index (χ0) is 22.1. The molecule has 2 rings (SSSR count). The van der Waals surface area contributed by atoms with Crippen LogP contribution in [0.5, 0.6) is 11.5 Å². The second kappa shape index (κ2) is 11.4. The van der Waals surface area contributed by atoms with Crippen molar-refractivity contribution in [3.8, 4) is 11.5 Å². The number of hydrogen-bond donors (Lipinski definition) is 1. The molecule has 2 aromatic carbocycles. The number of rotatable bonds is 12. The first kappa shape index (κ1) is 24.3. The quantitative estimate of drug-likeness (QED) is 0.392. The lowest BCUT2D eigenvalue weighted by Crippen LogP contribution is -2.18. The van der Waals surface area contributed by atoms with Crippen molar-refractivity contribution in [3.63, 3.8) is 0 Å². The van der Waals surface area contributed by atoms with Crippen molar-refractivity contribution in [2.75, 3.05) is 32.8 Å². The van der Waals surface area contributed by atoms with E-state index in [-0.39, 0.29) is 11.8 Å². The monoisotopic (exact) mass is 435 g/mol. The third kappa shape index (κ3) is 6.76. The molecular formula is C23H34NO5P. The molecule has 0 saturated heterocycles. The Hall–Kier alpha value is -2.01. The number of hydrogen-bond acceptors (Lipinski definition) is 6. The first-order valence-electron chi connectivity index (χ1n) is 10.2. The molecule has 0 fully saturated rings. The predicted molar refractivity (Wildman–Crippen MR) is 122 cm³/mol. The van der Waals surface area contributed by atoms with Gasteiger partial charge in [0.15, 0.2) is 5.78 Å². The molecule has 0 bridgehead atoms. The minimum atomic E-state index is -3.64. The summed E-state index contributed by atoms with van der Waals surface area (Å²) in [6, 6.07) is 15.0. The van der Waals surface area contributed by atoms with Crippen LogP contribution in [0.25, 0.3) is 0 Å².